The summed E-state index contributed by atoms with van der Waals surface area (Å²) in [6.07, 6.45) is 8.00. The van der Waals surface area contributed by atoms with E-state index in [1.165, 1.54) is 0 Å². The number of nitriles is 2. The maximum absolute atomic E-state index is 9.68. The quantitative estimate of drug-likeness (QED) is 0.669. The highest BCUT2D eigenvalue weighted by Crippen LogP contribution is 2.33. The number of ether oxygens (including phenoxy) is 1. The van der Waals surface area contributed by atoms with E-state index in [4.69, 9.17) is 4.74 Å². The Hall–Kier alpha value is -3.30. The number of nitrogens with zero attached hydrogens (tertiary/aromatic N) is 2. The van der Waals surface area contributed by atoms with Crippen LogP contribution in [-0.2, 0) is 0 Å². The molecule has 0 amide bonds. The molecule has 26 heavy (non-hydrogen) atoms. The number of benzene rings is 2. The molecule has 130 valence electrons. The largest absolute Gasteiger partial charge is 0.496 e. The predicted octanol–water partition coefficient (Wildman–Crippen LogP) is 5.48. The van der Waals surface area contributed by atoms with Crippen molar-refractivity contribution in [2.24, 2.45) is 11.3 Å². The van der Waals surface area contributed by atoms with Crippen LogP contribution in [0.25, 0.3) is 12.2 Å². The number of methoxy groups -OCH3 is 1. The minimum atomic E-state index is -1.11. The lowest BCUT2D eigenvalue weighted by atomic mass is 9.75. The van der Waals surface area contributed by atoms with Crippen molar-refractivity contribution in [2.45, 2.75) is 13.3 Å². The summed E-state index contributed by atoms with van der Waals surface area (Å²) in [6.45, 7) is 1.91. The van der Waals surface area contributed by atoms with E-state index >= 15 is 0 Å². The highest BCUT2D eigenvalue weighted by Gasteiger charge is 2.34. The van der Waals surface area contributed by atoms with Gasteiger partial charge in [0.05, 0.1) is 19.2 Å². The van der Waals surface area contributed by atoms with E-state index in [2.05, 4.69) is 12.1 Å². The topological polar surface area (TPSA) is 56.8 Å². The lowest BCUT2D eigenvalue weighted by molar-refractivity contribution is 0.411. The fourth-order valence-corrected chi connectivity index (χ4v) is 2.67. The first-order chi connectivity index (χ1) is 12.6. The maximum atomic E-state index is 9.68. The first-order valence-corrected chi connectivity index (χ1v) is 8.50. The fraction of sp³-hybridized carbons (Fsp3) is 0.217. The minimum Gasteiger partial charge on any atom is -0.496 e. The van der Waals surface area contributed by atoms with Crippen LogP contribution >= 0.6 is 0 Å². The summed E-state index contributed by atoms with van der Waals surface area (Å²) in [7, 11) is 1.62. The third kappa shape index (κ3) is 4.62. The van der Waals surface area contributed by atoms with Crippen molar-refractivity contribution < 1.29 is 4.74 Å². The van der Waals surface area contributed by atoms with Crippen molar-refractivity contribution in [1.29, 1.82) is 10.5 Å². The Balaban J connectivity index is 2.16. The predicted molar refractivity (Wildman–Crippen MR) is 105 cm³/mol. The summed E-state index contributed by atoms with van der Waals surface area (Å²) in [6, 6.07) is 22.0. The second-order valence-electron chi connectivity index (χ2n) is 6.10. The lowest BCUT2D eigenvalue weighted by Gasteiger charge is -2.22. The van der Waals surface area contributed by atoms with Crippen LogP contribution in [0.2, 0.25) is 0 Å². The van der Waals surface area contributed by atoms with E-state index in [0.29, 0.717) is 6.42 Å². The van der Waals surface area contributed by atoms with Crippen LogP contribution < -0.4 is 4.74 Å². The van der Waals surface area contributed by atoms with Gasteiger partial charge in [-0.3, -0.25) is 0 Å². The number of rotatable bonds is 7. The van der Waals surface area contributed by atoms with Crippen molar-refractivity contribution in [3.8, 4) is 17.9 Å². The summed E-state index contributed by atoms with van der Waals surface area (Å²) >= 11 is 0. The monoisotopic (exact) mass is 342 g/mol. The van der Waals surface area contributed by atoms with Crippen LogP contribution in [-0.4, -0.2) is 7.11 Å². The molecule has 3 nitrogen and oxygen atoms in total. The zero-order valence-corrected chi connectivity index (χ0v) is 15.1. The van der Waals surface area contributed by atoms with Gasteiger partial charge in [-0.05, 0) is 18.1 Å². The molecule has 1 atom stereocenters. The molecule has 0 aliphatic rings. The fourth-order valence-electron chi connectivity index (χ4n) is 2.67. The number of allylic oxidation sites excluding steroid dienone is 2. The van der Waals surface area contributed by atoms with Gasteiger partial charge in [-0.25, -0.2) is 0 Å². The molecule has 0 saturated carbocycles. The maximum Gasteiger partial charge on any atom is 0.153 e. The molecule has 0 spiro atoms. The normalized spacial score (nSPS) is 12.6. The molecule has 0 fully saturated rings. The average molecular weight is 342 g/mol. The summed E-state index contributed by atoms with van der Waals surface area (Å²) in [5.74, 6) is 0.556. The molecule has 3 heteroatoms. The van der Waals surface area contributed by atoms with E-state index < -0.39 is 5.41 Å². The Labute approximate surface area is 155 Å². The molecule has 0 saturated heterocycles. The van der Waals surface area contributed by atoms with Gasteiger partial charge in [0.2, 0.25) is 0 Å². The van der Waals surface area contributed by atoms with Gasteiger partial charge in [0.25, 0.3) is 0 Å². The average Bonchev–Trinajstić information content (AvgIpc) is 2.71. The molecule has 0 aliphatic carbocycles. The SMILES string of the molecule is COc1ccccc1/C=C/CC(C#N)(C#N)C(C)/C=C/c1ccccc1. The molecule has 2 rings (SSSR count). The van der Waals surface area contributed by atoms with E-state index in [9.17, 15) is 10.5 Å². The Morgan fingerprint density at radius 1 is 1.00 bits per heavy atom. The van der Waals surface area contributed by atoms with Crippen molar-refractivity contribution in [2.75, 3.05) is 7.11 Å². The van der Waals surface area contributed by atoms with Crippen LogP contribution in [0.15, 0.2) is 66.7 Å². The van der Waals surface area contributed by atoms with E-state index in [0.717, 1.165) is 16.9 Å². The third-order valence-electron chi connectivity index (χ3n) is 4.43. The number of hydrogen-bond donors (Lipinski definition) is 0. The standard InChI is InChI=1S/C23H22N2O/c1-19(14-15-20-9-4-3-5-10-20)23(17-24,18-25)16-8-12-21-11-6-7-13-22(21)26-2/h3-15,19H,16H2,1-2H3/b12-8+,15-14+. The summed E-state index contributed by atoms with van der Waals surface area (Å²) in [4.78, 5) is 0. The molecule has 0 N–H and O–H groups in total. The summed E-state index contributed by atoms with van der Waals surface area (Å²) < 4.78 is 5.32. The zero-order valence-electron chi connectivity index (χ0n) is 15.1. The molecule has 0 bridgehead atoms. The summed E-state index contributed by atoms with van der Waals surface area (Å²) in [5.41, 5.74) is 0.866. The second kappa shape index (κ2) is 9.25. The highest BCUT2D eigenvalue weighted by molar-refractivity contribution is 5.57. The van der Waals surface area contributed by atoms with E-state index in [1.54, 1.807) is 7.11 Å². The first-order valence-electron chi connectivity index (χ1n) is 8.50. The van der Waals surface area contributed by atoms with Gasteiger partial charge in [0, 0.05) is 11.5 Å². The third-order valence-corrected chi connectivity index (χ3v) is 4.43. The highest BCUT2D eigenvalue weighted by atomic mass is 16.5. The van der Waals surface area contributed by atoms with Gasteiger partial charge >= 0.3 is 0 Å². The van der Waals surface area contributed by atoms with Crippen LogP contribution in [0.4, 0.5) is 0 Å². The van der Waals surface area contributed by atoms with Gasteiger partial charge in [-0.2, -0.15) is 10.5 Å². The molecule has 2 aromatic rings. The van der Waals surface area contributed by atoms with Gasteiger partial charge in [-0.1, -0.05) is 79.8 Å². The van der Waals surface area contributed by atoms with E-state index in [-0.39, 0.29) is 5.92 Å². The molecule has 0 aromatic heterocycles. The van der Waals surface area contributed by atoms with Crippen LogP contribution in [0.3, 0.4) is 0 Å². The minimum absolute atomic E-state index is 0.208. The first kappa shape index (κ1) is 19.0. The Bertz CT molecular complexity index is 840. The Kier molecular flexibility index (Phi) is 6.77. The smallest absolute Gasteiger partial charge is 0.153 e. The lowest BCUT2D eigenvalue weighted by Crippen LogP contribution is -2.23. The van der Waals surface area contributed by atoms with Crippen molar-refractivity contribution in [1.82, 2.24) is 0 Å². The summed E-state index contributed by atoms with van der Waals surface area (Å²) in [5, 5.41) is 19.4. The molecule has 1 unspecified atom stereocenters. The molecule has 2 aromatic carbocycles. The number of para-hydroxylation sites is 1. The molecular weight excluding hydrogens is 320 g/mol. The van der Waals surface area contributed by atoms with Gasteiger partial charge < -0.3 is 4.74 Å². The Morgan fingerprint density at radius 2 is 1.65 bits per heavy atom. The van der Waals surface area contributed by atoms with Crippen molar-refractivity contribution in [3.05, 3.63) is 77.9 Å². The van der Waals surface area contributed by atoms with Crippen LogP contribution in [0.1, 0.15) is 24.5 Å². The van der Waals surface area contributed by atoms with E-state index in [1.807, 2.05) is 85.8 Å². The zero-order chi connectivity index (χ0) is 18.8. The molecule has 0 aliphatic heterocycles. The van der Waals surface area contributed by atoms with Gasteiger partial charge in [0.15, 0.2) is 5.41 Å². The van der Waals surface area contributed by atoms with Gasteiger partial charge in [0.1, 0.15) is 5.75 Å². The molecular formula is C23H22N2O. The van der Waals surface area contributed by atoms with Gasteiger partial charge in [-0.15, -0.1) is 0 Å². The van der Waals surface area contributed by atoms with Crippen LogP contribution in [0, 0.1) is 34.0 Å². The Morgan fingerprint density at radius 3 is 2.31 bits per heavy atom. The van der Waals surface area contributed by atoms with Crippen molar-refractivity contribution >= 4 is 12.2 Å². The number of hydrogen-bond acceptors (Lipinski definition) is 3. The molecule has 0 radical (unpaired) electrons. The van der Waals surface area contributed by atoms with Crippen LogP contribution in [0.5, 0.6) is 5.75 Å². The second-order valence-corrected chi connectivity index (χ2v) is 6.10. The van der Waals surface area contributed by atoms with Crippen molar-refractivity contribution in [3.63, 3.8) is 0 Å². The molecule has 0 heterocycles.